The highest BCUT2D eigenvalue weighted by molar-refractivity contribution is 6.31. The van der Waals surface area contributed by atoms with Crippen LogP contribution in [-0.4, -0.2) is 25.7 Å². The van der Waals surface area contributed by atoms with E-state index < -0.39 is 0 Å². The van der Waals surface area contributed by atoms with Gasteiger partial charge in [0.1, 0.15) is 5.75 Å². The average Bonchev–Trinajstić information content (AvgIpc) is 2.16. The van der Waals surface area contributed by atoms with Crippen LogP contribution in [-0.2, 0) is 6.42 Å². The summed E-state index contributed by atoms with van der Waals surface area (Å²) in [4.78, 5) is 4.19. The van der Waals surface area contributed by atoms with E-state index in [0.717, 1.165) is 18.7 Å². The molecule has 0 saturated carbocycles. The van der Waals surface area contributed by atoms with Gasteiger partial charge in [0, 0.05) is 19.0 Å². The van der Waals surface area contributed by atoms with Crippen LogP contribution in [0.4, 0.5) is 0 Å². The van der Waals surface area contributed by atoms with E-state index in [4.69, 9.17) is 16.3 Å². The van der Waals surface area contributed by atoms with E-state index in [1.807, 2.05) is 7.05 Å². The zero-order valence-electron chi connectivity index (χ0n) is 7.80. The van der Waals surface area contributed by atoms with Gasteiger partial charge in [-0.15, -0.1) is 0 Å². The van der Waals surface area contributed by atoms with E-state index in [1.165, 1.54) is 0 Å². The monoisotopic (exact) mass is 200 g/mol. The molecule has 13 heavy (non-hydrogen) atoms. The van der Waals surface area contributed by atoms with Crippen molar-refractivity contribution in [2.75, 3.05) is 20.7 Å². The summed E-state index contributed by atoms with van der Waals surface area (Å²) in [6.45, 7) is 0.874. The van der Waals surface area contributed by atoms with Crippen LogP contribution in [0.3, 0.4) is 0 Å². The van der Waals surface area contributed by atoms with Crippen molar-refractivity contribution in [2.45, 2.75) is 6.42 Å². The lowest BCUT2D eigenvalue weighted by atomic mass is 10.2. The zero-order valence-corrected chi connectivity index (χ0v) is 8.56. The summed E-state index contributed by atoms with van der Waals surface area (Å²) in [5.41, 5.74) is 0.900. The summed E-state index contributed by atoms with van der Waals surface area (Å²) in [6.07, 6.45) is 2.51. The van der Waals surface area contributed by atoms with Crippen LogP contribution in [0, 0.1) is 0 Å². The van der Waals surface area contributed by atoms with Gasteiger partial charge >= 0.3 is 0 Å². The van der Waals surface area contributed by atoms with Crippen LogP contribution in [0.5, 0.6) is 5.75 Å². The predicted molar refractivity (Wildman–Crippen MR) is 53.4 cm³/mol. The van der Waals surface area contributed by atoms with E-state index in [1.54, 1.807) is 19.4 Å². The molecule has 1 aromatic rings. The molecule has 1 rings (SSSR count). The lowest BCUT2D eigenvalue weighted by Crippen LogP contribution is -2.11. The molecule has 0 saturated heterocycles. The molecule has 1 aromatic heterocycles. The molecule has 0 atom stereocenters. The third-order valence-corrected chi connectivity index (χ3v) is 2.07. The molecule has 1 heterocycles. The molecule has 0 unspecified atom stereocenters. The summed E-state index contributed by atoms with van der Waals surface area (Å²) in [6, 6.07) is 1.78. The van der Waals surface area contributed by atoms with Crippen molar-refractivity contribution in [3.05, 3.63) is 23.0 Å². The highest BCUT2D eigenvalue weighted by atomic mass is 35.5. The molecule has 0 aromatic carbocycles. The molecule has 72 valence electrons. The minimum Gasteiger partial charge on any atom is -0.495 e. The van der Waals surface area contributed by atoms with E-state index >= 15 is 0 Å². The molecule has 1 N–H and O–H groups in total. The normalized spacial score (nSPS) is 10.1. The number of nitrogens with zero attached hydrogens (tertiary/aromatic N) is 1. The summed E-state index contributed by atoms with van der Waals surface area (Å²) in [5.74, 6) is 0.693. The number of methoxy groups -OCH3 is 1. The van der Waals surface area contributed by atoms with Crippen molar-refractivity contribution in [2.24, 2.45) is 0 Å². The van der Waals surface area contributed by atoms with Crippen LogP contribution in [0.1, 0.15) is 5.69 Å². The number of aromatic nitrogens is 1. The number of halogens is 1. The number of likely N-dealkylation sites (N-methyl/N-ethyl adjacent to an activating group) is 1. The smallest absolute Gasteiger partial charge is 0.138 e. The Bertz CT molecular complexity index is 278. The Kier molecular flexibility index (Phi) is 3.99. The molecule has 0 radical (unpaired) electrons. The van der Waals surface area contributed by atoms with Crippen LogP contribution in [0.15, 0.2) is 12.3 Å². The van der Waals surface area contributed by atoms with Crippen molar-refractivity contribution in [1.29, 1.82) is 0 Å². The summed E-state index contributed by atoms with van der Waals surface area (Å²) in [7, 11) is 3.50. The van der Waals surface area contributed by atoms with Crippen molar-refractivity contribution in [3.63, 3.8) is 0 Å². The second-order valence-corrected chi connectivity index (χ2v) is 3.06. The molecule has 0 spiro atoms. The molecule has 0 amide bonds. The van der Waals surface area contributed by atoms with Crippen LogP contribution >= 0.6 is 11.6 Å². The topological polar surface area (TPSA) is 34.2 Å². The minimum absolute atomic E-state index is 0.662. The van der Waals surface area contributed by atoms with Gasteiger partial charge in [0.05, 0.1) is 24.0 Å². The Morgan fingerprint density at radius 3 is 2.92 bits per heavy atom. The molecule has 0 fully saturated rings. The Balaban J connectivity index is 2.73. The first kappa shape index (κ1) is 10.3. The SMILES string of the molecule is CNCCc1ncc(OC)cc1Cl. The highest BCUT2D eigenvalue weighted by Crippen LogP contribution is 2.19. The first-order valence-corrected chi connectivity index (χ1v) is 4.48. The van der Waals surface area contributed by atoms with Gasteiger partial charge in [-0.3, -0.25) is 4.98 Å². The summed E-state index contributed by atoms with van der Waals surface area (Å²) < 4.78 is 4.99. The summed E-state index contributed by atoms with van der Waals surface area (Å²) >= 11 is 5.97. The summed E-state index contributed by atoms with van der Waals surface area (Å²) in [5, 5.41) is 3.70. The Morgan fingerprint density at radius 1 is 1.62 bits per heavy atom. The second-order valence-electron chi connectivity index (χ2n) is 2.66. The van der Waals surface area contributed by atoms with Gasteiger partial charge in [0.2, 0.25) is 0 Å². The third-order valence-electron chi connectivity index (χ3n) is 1.74. The number of pyridine rings is 1. The number of rotatable bonds is 4. The second kappa shape index (κ2) is 5.04. The lowest BCUT2D eigenvalue weighted by molar-refractivity contribution is 0.412. The quantitative estimate of drug-likeness (QED) is 0.800. The fraction of sp³-hybridized carbons (Fsp3) is 0.444. The number of nitrogens with one attached hydrogen (secondary N) is 1. The maximum Gasteiger partial charge on any atom is 0.138 e. The lowest BCUT2D eigenvalue weighted by Gasteiger charge is -2.04. The molecule has 0 aliphatic carbocycles. The molecule has 4 heteroatoms. The van der Waals surface area contributed by atoms with Gasteiger partial charge in [0.15, 0.2) is 0 Å². The largest absolute Gasteiger partial charge is 0.495 e. The van der Waals surface area contributed by atoms with Crippen LogP contribution in [0.2, 0.25) is 5.02 Å². The van der Waals surface area contributed by atoms with Gasteiger partial charge < -0.3 is 10.1 Å². The molecular weight excluding hydrogens is 188 g/mol. The number of hydrogen-bond donors (Lipinski definition) is 1. The predicted octanol–water partition coefficient (Wildman–Crippen LogP) is 1.51. The molecule has 0 aliphatic rings. The van der Waals surface area contributed by atoms with E-state index in [2.05, 4.69) is 10.3 Å². The Morgan fingerprint density at radius 2 is 2.38 bits per heavy atom. The van der Waals surface area contributed by atoms with Crippen molar-refractivity contribution < 1.29 is 4.74 Å². The van der Waals surface area contributed by atoms with Crippen LogP contribution in [0.25, 0.3) is 0 Å². The van der Waals surface area contributed by atoms with Crippen molar-refractivity contribution >= 4 is 11.6 Å². The molecule has 0 aliphatic heterocycles. The standard InChI is InChI=1S/C9H13ClN2O/c1-11-4-3-9-8(10)5-7(13-2)6-12-9/h5-6,11H,3-4H2,1-2H3. The van der Waals surface area contributed by atoms with E-state index in [-0.39, 0.29) is 0 Å². The molecule has 0 bridgehead atoms. The Labute approximate surface area is 83.1 Å². The third kappa shape index (κ3) is 2.86. The van der Waals surface area contributed by atoms with Gasteiger partial charge in [0.25, 0.3) is 0 Å². The van der Waals surface area contributed by atoms with E-state index in [0.29, 0.717) is 10.8 Å². The first-order chi connectivity index (χ1) is 6.27. The molecular formula is C9H13ClN2O. The van der Waals surface area contributed by atoms with E-state index in [9.17, 15) is 0 Å². The first-order valence-electron chi connectivity index (χ1n) is 4.11. The fourth-order valence-electron chi connectivity index (χ4n) is 0.988. The van der Waals surface area contributed by atoms with Gasteiger partial charge in [-0.2, -0.15) is 0 Å². The Hall–Kier alpha value is -0.800. The maximum absolute atomic E-state index is 5.97. The van der Waals surface area contributed by atoms with Crippen molar-refractivity contribution in [1.82, 2.24) is 10.3 Å². The van der Waals surface area contributed by atoms with Gasteiger partial charge in [-0.05, 0) is 7.05 Å². The van der Waals surface area contributed by atoms with Crippen molar-refractivity contribution in [3.8, 4) is 5.75 Å². The number of hydrogen-bond acceptors (Lipinski definition) is 3. The maximum atomic E-state index is 5.97. The molecule has 3 nitrogen and oxygen atoms in total. The average molecular weight is 201 g/mol. The highest BCUT2D eigenvalue weighted by Gasteiger charge is 2.02. The fourth-order valence-corrected chi connectivity index (χ4v) is 1.24. The van der Waals surface area contributed by atoms with Gasteiger partial charge in [-0.25, -0.2) is 0 Å². The van der Waals surface area contributed by atoms with Gasteiger partial charge in [-0.1, -0.05) is 11.6 Å². The van der Waals surface area contributed by atoms with Crippen LogP contribution < -0.4 is 10.1 Å². The minimum atomic E-state index is 0.662. The number of ether oxygens (including phenoxy) is 1. The zero-order chi connectivity index (χ0) is 9.68.